The lowest BCUT2D eigenvalue weighted by atomic mass is 10.1. The van der Waals surface area contributed by atoms with Crippen molar-refractivity contribution in [1.29, 1.82) is 0 Å². The number of hydrogen-bond acceptors (Lipinski definition) is 7. The van der Waals surface area contributed by atoms with Crippen molar-refractivity contribution in [3.05, 3.63) is 0 Å². The second kappa shape index (κ2) is 6.51. The van der Waals surface area contributed by atoms with E-state index in [4.69, 9.17) is 4.74 Å². The van der Waals surface area contributed by atoms with Gasteiger partial charge in [-0.1, -0.05) is 0 Å². The second-order valence-corrected chi connectivity index (χ2v) is 4.49. The Bertz CT molecular complexity index is 391. The first-order valence-corrected chi connectivity index (χ1v) is 6.75. The number of aromatic nitrogens is 3. The molecule has 19 heavy (non-hydrogen) atoms. The number of rotatable bonds is 6. The molecule has 1 aromatic heterocycles. The van der Waals surface area contributed by atoms with E-state index in [9.17, 15) is 5.11 Å². The lowest BCUT2D eigenvalue weighted by molar-refractivity contribution is 0.238. The van der Waals surface area contributed by atoms with Crippen LogP contribution in [0.3, 0.4) is 0 Å². The number of aliphatic hydroxyl groups excluding tert-OH is 1. The fourth-order valence-corrected chi connectivity index (χ4v) is 2.08. The summed E-state index contributed by atoms with van der Waals surface area (Å²) in [4.78, 5) is 15.0. The van der Waals surface area contributed by atoms with E-state index in [-0.39, 0.29) is 6.61 Å². The van der Waals surface area contributed by atoms with Gasteiger partial charge in [-0.3, -0.25) is 0 Å². The fraction of sp³-hybridized carbons (Fsp3) is 0.750. The summed E-state index contributed by atoms with van der Waals surface area (Å²) in [5.41, 5.74) is 0. The first-order valence-electron chi connectivity index (χ1n) is 6.75. The van der Waals surface area contributed by atoms with Crippen molar-refractivity contribution < 1.29 is 9.84 Å². The summed E-state index contributed by atoms with van der Waals surface area (Å²) in [5, 5.41) is 12.3. The van der Waals surface area contributed by atoms with Crippen LogP contribution < -0.4 is 15.0 Å². The molecule has 2 heterocycles. The lowest BCUT2D eigenvalue weighted by Gasteiger charge is -2.17. The Labute approximate surface area is 113 Å². The highest BCUT2D eigenvalue weighted by atomic mass is 16.5. The van der Waals surface area contributed by atoms with Crippen LogP contribution in [-0.2, 0) is 0 Å². The molecule has 1 aliphatic heterocycles. The number of anilines is 2. The van der Waals surface area contributed by atoms with E-state index in [1.165, 1.54) is 0 Å². The highest BCUT2D eigenvalue weighted by molar-refractivity contribution is 5.39. The Morgan fingerprint density at radius 1 is 1.37 bits per heavy atom. The van der Waals surface area contributed by atoms with Gasteiger partial charge in [-0.05, 0) is 20.3 Å². The van der Waals surface area contributed by atoms with Gasteiger partial charge in [0.05, 0.1) is 6.61 Å². The molecule has 0 saturated carbocycles. The van der Waals surface area contributed by atoms with Crippen LogP contribution in [0.5, 0.6) is 6.01 Å². The monoisotopic (exact) mass is 267 g/mol. The fourth-order valence-electron chi connectivity index (χ4n) is 2.08. The smallest absolute Gasteiger partial charge is 0.323 e. The van der Waals surface area contributed by atoms with E-state index in [2.05, 4.69) is 25.2 Å². The topological polar surface area (TPSA) is 83.4 Å². The van der Waals surface area contributed by atoms with E-state index in [1.54, 1.807) is 0 Å². The number of ether oxygens (including phenoxy) is 1. The van der Waals surface area contributed by atoms with Crippen LogP contribution in [0.4, 0.5) is 11.9 Å². The zero-order valence-electron chi connectivity index (χ0n) is 11.5. The lowest BCUT2D eigenvalue weighted by Crippen LogP contribution is -2.24. The van der Waals surface area contributed by atoms with Gasteiger partial charge in [0.25, 0.3) is 0 Å². The normalized spacial score (nSPS) is 18.7. The summed E-state index contributed by atoms with van der Waals surface area (Å²) in [7, 11) is 0. The van der Waals surface area contributed by atoms with Gasteiger partial charge in [0.15, 0.2) is 0 Å². The van der Waals surface area contributed by atoms with Crippen LogP contribution in [0, 0.1) is 5.92 Å². The maximum atomic E-state index is 9.19. The molecule has 106 valence electrons. The minimum Gasteiger partial charge on any atom is -0.464 e. The summed E-state index contributed by atoms with van der Waals surface area (Å²) in [6, 6.07) is 0.343. The van der Waals surface area contributed by atoms with Gasteiger partial charge in [-0.25, -0.2) is 0 Å². The zero-order valence-corrected chi connectivity index (χ0v) is 11.5. The molecule has 1 fully saturated rings. The molecular formula is C12H21N5O2. The minimum atomic E-state index is 0.208. The van der Waals surface area contributed by atoms with Crippen molar-refractivity contribution in [2.45, 2.75) is 20.3 Å². The molecule has 7 heteroatoms. The highest BCUT2D eigenvalue weighted by Gasteiger charge is 2.24. The molecule has 0 spiro atoms. The Morgan fingerprint density at radius 2 is 2.21 bits per heavy atom. The van der Waals surface area contributed by atoms with Crippen molar-refractivity contribution in [3.8, 4) is 6.01 Å². The van der Waals surface area contributed by atoms with Crippen LogP contribution in [-0.4, -0.2) is 52.9 Å². The molecule has 1 aromatic rings. The number of nitrogens with one attached hydrogen (secondary N) is 1. The zero-order chi connectivity index (χ0) is 13.7. The molecule has 1 saturated heterocycles. The summed E-state index contributed by atoms with van der Waals surface area (Å²) >= 11 is 0. The predicted octanol–water partition coefficient (Wildman–Crippen LogP) is 0.521. The van der Waals surface area contributed by atoms with Gasteiger partial charge in [0, 0.05) is 32.2 Å². The van der Waals surface area contributed by atoms with Crippen LogP contribution in [0.15, 0.2) is 0 Å². The third-order valence-electron chi connectivity index (χ3n) is 3.04. The van der Waals surface area contributed by atoms with Crippen molar-refractivity contribution in [2.24, 2.45) is 5.92 Å². The van der Waals surface area contributed by atoms with E-state index in [0.717, 1.165) is 26.1 Å². The third-order valence-corrected chi connectivity index (χ3v) is 3.04. The van der Waals surface area contributed by atoms with Crippen LogP contribution in [0.2, 0.25) is 0 Å². The van der Waals surface area contributed by atoms with E-state index < -0.39 is 0 Å². The van der Waals surface area contributed by atoms with Crippen LogP contribution in [0.1, 0.15) is 20.3 Å². The molecule has 0 aliphatic carbocycles. The van der Waals surface area contributed by atoms with Gasteiger partial charge in [0.1, 0.15) is 0 Å². The molecular weight excluding hydrogens is 246 g/mol. The van der Waals surface area contributed by atoms with Crippen molar-refractivity contribution in [2.75, 3.05) is 43.1 Å². The molecule has 0 bridgehead atoms. The molecule has 1 aliphatic rings. The number of nitrogens with zero attached hydrogens (tertiary/aromatic N) is 4. The Hall–Kier alpha value is -1.63. The van der Waals surface area contributed by atoms with Crippen LogP contribution >= 0.6 is 0 Å². The molecule has 1 atom stereocenters. The summed E-state index contributed by atoms with van der Waals surface area (Å²) in [6.45, 7) is 6.99. The first kappa shape index (κ1) is 13.8. The van der Waals surface area contributed by atoms with Gasteiger partial charge in [0.2, 0.25) is 11.9 Å². The molecule has 1 unspecified atom stereocenters. The SMILES string of the molecule is CCNc1nc(OCC)nc(N2CCC(CO)C2)n1. The molecule has 7 nitrogen and oxygen atoms in total. The molecule has 0 amide bonds. The van der Waals surface area contributed by atoms with E-state index in [1.807, 2.05) is 13.8 Å². The van der Waals surface area contributed by atoms with Gasteiger partial charge in [-0.15, -0.1) is 0 Å². The third kappa shape index (κ3) is 3.44. The summed E-state index contributed by atoms with van der Waals surface area (Å²) < 4.78 is 5.37. The van der Waals surface area contributed by atoms with Crippen LogP contribution in [0.25, 0.3) is 0 Å². The standard InChI is InChI=1S/C12H21N5O2/c1-3-13-10-14-11(16-12(15-10)19-4-2)17-6-5-9(7-17)8-18/h9,18H,3-8H2,1-2H3,(H,13,14,15,16). The Balaban J connectivity index is 2.18. The van der Waals surface area contributed by atoms with E-state index in [0.29, 0.717) is 30.4 Å². The van der Waals surface area contributed by atoms with E-state index >= 15 is 0 Å². The molecule has 0 radical (unpaired) electrons. The molecule has 2 rings (SSSR count). The van der Waals surface area contributed by atoms with Gasteiger partial charge in [-0.2, -0.15) is 15.0 Å². The summed E-state index contributed by atoms with van der Waals surface area (Å²) in [6.07, 6.45) is 0.961. The number of aliphatic hydroxyl groups is 1. The molecule has 2 N–H and O–H groups in total. The number of hydrogen-bond donors (Lipinski definition) is 2. The van der Waals surface area contributed by atoms with Gasteiger partial charge >= 0.3 is 6.01 Å². The molecule has 0 aromatic carbocycles. The quantitative estimate of drug-likeness (QED) is 0.777. The first-order chi connectivity index (χ1) is 9.26. The Kier molecular flexibility index (Phi) is 4.73. The summed E-state index contributed by atoms with van der Waals surface area (Å²) in [5.74, 6) is 1.45. The minimum absolute atomic E-state index is 0.208. The largest absolute Gasteiger partial charge is 0.464 e. The van der Waals surface area contributed by atoms with Crippen molar-refractivity contribution >= 4 is 11.9 Å². The van der Waals surface area contributed by atoms with Crippen molar-refractivity contribution in [1.82, 2.24) is 15.0 Å². The maximum absolute atomic E-state index is 9.19. The van der Waals surface area contributed by atoms with Gasteiger partial charge < -0.3 is 20.1 Å². The average Bonchev–Trinajstić information content (AvgIpc) is 2.88. The average molecular weight is 267 g/mol. The highest BCUT2D eigenvalue weighted by Crippen LogP contribution is 2.22. The predicted molar refractivity (Wildman–Crippen MR) is 72.6 cm³/mol. The Morgan fingerprint density at radius 3 is 2.84 bits per heavy atom. The second-order valence-electron chi connectivity index (χ2n) is 4.49. The van der Waals surface area contributed by atoms with Crippen molar-refractivity contribution in [3.63, 3.8) is 0 Å². The maximum Gasteiger partial charge on any atom is 0.323 e.